The van der Waals surface area contributed by atoms with E-state index in [1.807, 2.05) is 31.2 Å². The molecule has 0 amide bonds. The second-order valence-corrected chi connectivity index (χ2v) is 4.25. The molecule has 0 aliphatic heterocycles. The zero-order valence-corrected chi connectivity index (χ0v) is 10.5. The summed E-state index contributed by atoms with van der Waals surface area (Å²) in [5.74, 6) is -0.448. The van der Waals surface area contributed by atoms with E-state index in [1.54, 1.807) is 0 Å². The number of aromatic nitrogens is 2. The van der Waals surface area contributed by atoms with Crippen LogP contribution in [0.15, 0.2) is 30.5 Å². The van der Waals surface area contributed by atoms with Crippen molar-refractivity contribution in [2.45, 2.75) is 13.3 Å². The number of nitrogens with zero attached hydrogens (tertiary/aromatic N) is 2. The van der Waals surface area contributed by atoms with Gasteiger partial charge in [0.05, 0.1) is 6.42 Å². The molecule has 0 spiro atoms. The van der Waals surface area contributed by atoms with Crippen LogP contribution in [0.3, 0.4) is 0 Å². The van der Waals surface area contributed by atoms with Crippen molar-refractivity contribution in [1.82, 2.24) is 9.97 Å². The number of halogens is 1. The second kappa shape index (κ2) is 5.14. The minimum absolute atomic E-state index is 0.174. The standard InChI is InChI=1S/C13H11ClN2O2/c1-8-4-2-3-5-10(8)13-15-7-9(6-11(17)18)12(14)16-13/h2-5,7H,6H2,1H3,(H,17,18). The second-order valence-electron chi connectivity index (χ2n) is 3.90. The summed E-state index contributed by atoms with van der Waals surface area (Å²) in [7, 11) is 0. The molecule has 0 aliphatic rings. The van der Waals surface area contributed by atoms with E-state index in [9.17, 15) is 4.79 Å². The van der Waals surface area contributed by atoms with E-state index in [2.05, 4.69) is 9.97 Å². The summed E-state index contributed by atoms with van der Waals surface area (Å²) in [6, 6.07) is 7.68. The summed E-state index contributed by atoms with van der Waals surface area (Å²) in [5.41, 5.74) is 2.35. The topological polar surface area (TPSA) is 63.1 Å². The third kappa shape index (κ3) is 2.65. The molecule has 4 nitrogen and oxygen atoms in total. The van der Waals surface area contributed by atoms with Gasteiger partial charge in [-0.3, -0.25) is 4.79 Å². The maximum absolute atomic E-state index is 10.6. The number of hydrogen-bond acceptors (Lipinski definition) is 3. The van der Waals surface area contributed by atoms with Crippen LogP contribution in [0.1, 0.15) is 11.1 Å². The van der Waals surface area contributed by atoms with Gasteiger partial charge < -0.3 is 5.11 Å². The molecule has 1 N–H and O–H groups in total. The molecule has 92 valence electrons. The van der Waals surface area contributed by atoms with Crippen molar-refractivity contribution in [3.8, 4) is 11.4 Å². The van der Waals surface area contributed by atoms with E-state index in [1.165, 1.54) is 6.20 Å². The number of carbonyl (C=O) groups is 1. The molecule has 0 radical (unpaired) electrons. The summed E-state index contributed by atoms with van der Waals surface area (Å²) in [4.78, 5) is 18.9. The zero-order chi connectivity index (χ0) is 13.1. The number of hydrogen-bond donors (Lipinski definition) is 1. The monoisotopic (exact) mass is 262 g/mol. The lowest BCUT2D eigenvalue weighted by Crippen LogP contribution is -2.03. The summed E-state index contributed by atoms with van der Waals surface area (Å²) in [5, 5.41) is 8.89. The highest BCUT2D eigenvalue weighted by Gasteiger charge is 2.10. The molecule has 0 saturated heterocycles. The Labute approximate surface area is 109 Å². The Balaban J connectivity index is 2.40. The van der Waals surface area contributed by atoms with E-state index < -0.39 is 5.97 Å². The fourth-order valence-corrected chi connectivity index (χ4v) is 1.82. The average molecular weight is 263 g/mol. The molecule has 2 aromatic rings. The van der Waals surface area contributed by atoms with Gasteiger partial charge in [-0.25, -0.2) is 9.97 Å². The summed E-state index contributed by atoms with van der Waals surface area (Å²) >= 11 is 5.96. The van der Waals surface area contributed by atoms with E-state index in [4.69, 9.17) is 16.7 Å². The van der Waals surface area contributed by atoms with Gasteiger partial charge in [0, 0.05) is 17.3 Å². The van der Waals surface area contributed by atoms with Crippen LogP contribution in [0, 0.1) is 6.92 Å². The number of aryl methyl sites for hydroxylation is 1. The predicted molar refractivity (Wildman–Crippen MR) is 68.6 cm³/mol. The average Bonchev–Trinajstić information content (AvgIpc) is 2.32. The van der Waals surface area contributed by atoms with Gasteiger partial charge in [-0.15, -0.1) is 0 Å². The Bertz CT molecular complexity index is 599. The minimum Gasteiger partial charge on any atom is -0.481 e. The Hall–Kier alpha value is -1.94. The maximum Gasteiger partial charge on any atom is 0.307 e. The molecule has 0 saturated carbocycles. The first-order valence-electron chi connectivity index (χ1n) is 5.37. The Morgan fingerprint density at radius 1 is 1.39 bits per heavy atom. The van der Waals surface area contributed by atoms with Crippen LogP contribution < -0.4 is 0 Å². The first-order chi connectivity index (χ1) is 8.58. The molecular formula is C13H11ClN2O2. The molecule has 0 bridgehead atoms. The maximum atomic E-state index is 10.6. The Morgan fingerprint density at radius 3 is 2.72 bits per heavy atom. The lowest BCUT2D eigenvalue weighted by molar-refractivity contribution is -0.136. The molecule has 2 rings (SSSR count). The number of benzene rings is 1. The molecular weight excluding hydrogens is 252 g/mol. The smallest absolute Gasteiger partial charge is 0.307 e. The number of carboxylic acids is 1. The first kappa shape index (κ1) is 12.5. The third-order valence-electron chi connectivity index (χ3n) is 2.54. The van der Waals surface area contributed by atoms with Crippen LogP contribution in [-0.2, 0) is 11.2 Å². The highest BCUT2D eigenvalue weighted by atomic mass is 35.5. The van der Waals surface area contributed by atoms with Crippen molar-refractivity contribution in [1.29, 1.82) is 0 Å². The van der Waals surface area contributed by atoms with Crippen LogP contribution >= 0.6 is 11.6 Å². The van der Waals surface area contributed by atoms with Crippen molar-refractivity contribution in [2.24, 2.45) is 0 Å². The quantitative estimate of drug-likeness (QED) is 0.864. The molecule has 1 aromatic heterocycles. The van der Waals surface area contributed by atoms with Crippen molar-refractivity contribution in [3.63, 3.8) is 0 Å². The van der Waals surface area contributed by atoms with E-state index in [0.29, 0.717) is 11.4 Å². The number of carboxylic acid groups (broad SMARTS) is 1. The summed E-state index contributed by atoms with van der Waals surface area (Å²) in [6.45, 7) is 1.96. The molecule has 5 heteroatoms. The normalized spacial score (nSPS) is 10.3. The van der Waals surface area contributed by atoms with Crippen molar-refractivity contribution >= 4 is 17.6 Å². The summed E-state index contributed by atoms with van der Waals surface area (Å²) < 4.78 is 0. The van der Waals surface area contributed by atoms with Gasteiger partial charge in [0.15, 0.2) is 5.82 Å². The highest BCUT2D eigenvalue weighted by Crippen LogP contribution is 2.22. The van der Waals surface area contributed by atoms with Gasteiger partial charge >= 0.3 is 5.97 Å². The fourth-order valence-electron chi connectivity index (χ4n) is 1.62. The molecule has 0 aliphatic carbocycles. The van der Waals surface area contributed by atoms with Crippen LogP contribution in [0.25, 0.3) is 11.4 Å². The van der Waals surface area contributed by atoms with Crippen molar-refractivity contribution < 1.29 is 9.90 Å². The van der Waals surface area contributed by atoms with E-state index in [-0.39, 0.29) is 11.6 Å². The molecule has 1 heterocycles. The lowest BCUT2D eigenvalue weighted by atomic mass is 10.1. The van der Waals surface area contributed by atoms with Crippen LogP contribution in [0.4, 0.5) is 0 Å². The lowest BCUT2D eigenvalue weighted by Gasteiger charge is -2.06. The van der Waals surface area contributed by atoms with E-state index >= 15 is 0 Å². The van der Waals surface area contributed by atoms with Crippen molar-refractivity contribution in [3.05, 3.63) is 46.7 Å². The SMILES string of the molecule is Cc1ccccc1-c1ncc(CC(=O)O)c(Cl)n1. The number of rotatable bonds is 3. The van der Waals surface area contributed by atoms with Crippen LogP contribution in [-0.4, -0.2) is 21.0 Å². The molecule has 0 atom stereocenters. The first-order valence-corrected chi connectivity index (χ1v) is 5.75. The Morgan fingerprint density at radius 2 is 2.11 bits per heavy atom. The summed E-state index contributed by atoms with van der Waals surface area (Å²) in [6.07, 6.45) is 1.29. The van der Waals surface area contributed by atoms with Gasteiger partial charge in [-0.1, -0.05) is 35.9 Å². The van der Waals surface area contributed by atoms with Gasteiger partial charge in [-0.05, 0) is 12.5 Å². The van der Waals surface area contributed by atoms with Gasteiger partial charge in [0.1, 0.15) is 5.15 Å². The number of aliphatic carboxylic acids is 1. The van der Waals surface area contributed by atoms with Crippen LogP contribution in [0.2, 0.25) is 5.15 Å². The zero-order valence-electron chi connectivity index (χ0n) is 9.72. The molecule has 0 unspecified atom stereocenters. The third-order valence-corrected chi connectivity index (χ3v) is 2.87. The molecule has 18 heavy (non-hydrogen) atoms. The molecule has 1 aromatic carbocycles. The van der Waals surface area contributed by atoms with Gasteiger partial charge in [-0.2, -0.15) is 0 Å². The Kier molecular flexibility index (Phi) is 3.58. The van der Waals surface area contributed by atoms with Crippen molar-refractivity contribution in [2.75, 3.05) is 0 Å². The van der Waals surface area contributed by atoms with Crippen LogP contribution in [0.5, 0.6) is 0 Å². The van der Waals surface area contributed by atoms with Gasteiger partial charge in [0.25, 0.3) is 0 Å². The fraction of sp³-hybridized carbons (Fsp3) is 0.154. The largest absolute Gasteiger partial charge is 0.481 e. The van der Waals surface area contributed by atoms with E-state index in [0.717, 1.165) is 11.1 Å². The highest BCUT2D eigenvalue weighted by molar-refractivity contribution is 6.30. The minimum atomic E-state index is -0.954. The van der Waals surface area contributed by atoms with Gasteiger partial charge in [0.2, 0.25) is 0 Å². The predicted octanol–water partition coefficient (Wildman–Crippen LogP) is 2.73. The molecule has 0 fully saturated rings.